The third-order valence-corrected chi connectivity index (χ3v) is 3.91. The normalized spacial score (nSPS) is 11.2. The fraction of sp³-hybridized carbons (Fsp3) is 0. The van der Waals surface area contributed by atoms with E-state index in [1.165, 1.54) is 0 Å². The first-order valence-electron chi connectivity index (χ1n) is 5.34. The van der Waals surface area contributed by atoms with Crippen molar-refractivity contribution in [2.75, 3.05) is 0 Å². The van der Waals surface area contributed by atoms with Gasteiger partial charge in [0.1, 0.15) is 0 Å². The van der Waals surface area contributed by atoms with E-state index in [0.717, 1.165) is 11.3 Å². The van der Waals surface area contributed by atoms with Gasteiger partial charge in [0.2, 0.25) is 0 Å². The molecule has 0 unspecified atom stereocenters. The van der Waals surface area contributed by atoms with Crippen LogP contribution in [0.5, 0.6) is 0 Å². The van der Waals surface area contributed by atoms with Crippen molar-refractivity contribution in [3.05, 3.63) is 56.7 Å². The molecule has 0 aliphatic rings. The Bertz CT molecular complexity index is 780. The molecule has 19 heavy (non-hydrogen) atoms. The van der Waals surface area contributed by atoms with Crippen molar-refractivity contribution in [3.8, 4) is 11.3 Å². The third-order valence-electron chi connectivity index (χ3n) is 2.69. The van der Waals surface area contributed by atoms with Gasteiger partial charge < -0.3 is 4.40 Å². The molecule has 2 aromatic heterocycles. The van der Waals surface area contributed by atoms with Crippen LogP contribution in [-0.4, -0.2) is 9.38 Å². The summed E-state index contributed by atoms with van der Waals surface area (Å²) in [6.07, 6.45) is 3.59. The molecule has 0 aliphatic carbocycles. The Morgan fingerprint density at radius 2 is 1.63 bits per heavy atom. The molecule has 0 fully saturated rings. The number of hydrogen-bond acceptors (Lipinski definition) is 1. The number of rotatable bonds is 1. The SMILES string of the molecule is Clc1cc(Cl)c2nc(-c3ccc(Cl)c(Cl)c3)cn2c1. The number of benzene rings is 1. The van der Waals surface area contributed by atoms with Gasteiger partial charge in [0.15, 0.2) is 5.65 Å². The van der Waals surface area contributed by atoms with Crippen molar-refractivity contribution in [2.45, 2.75) is 0 Å². The number of fused-ring (bicyclic) bond motifs is 1. The van der Waals surface area contributed by atoms with E-state index in [1.54, 1.807) is 28.8 Å². The van der Waals surface area contributed by atoms with Crippen LogP contribution in [0.25, 0.3) is 16.9 Å². The fourth-order valence-corrected chi connectivity index (χ4v) is 2.64. The number of hydrogen-bond donors (Lipinski definition) is 0. The highest BCUT2D eigenvalue weighted by atomic mass is 35.5. The monoisotopic (exact) mass is 330 g/mol. The third kappa shape index (κ3) is 2.41. The molecule has 96 valence electrons. The molecule has 3 rings (SSSR count). The molecule has 2 heterocycles. The highest BCUT2D eigenvalue weighted by Gasteiger charge is 2.09. The van der Waals surface area contributed by atoms with Gasteiger partial charge in [-0.05, 0) is 18.2 Å². The van der Waals surface area contributed by atoms with Crippen molar-refractivity contribution in [3.63, 3.8) is 0 Å². The summed E-state index contributed by atoms with van der Waals surface area (Å²) < 4.78 is 1.78. The Labute approximate surface area is 129 Å². The van der Waals surface area contributed by atoms with E-state index in [0.29, 0.717) is 25.7 Å². The topological polar surface area (TPSA) is 17.3 Å². The lowest BCUT2D eigenvalue weighted by molar-refractivity contribution is 1.19. The predicted octanol–water partition coefficient (Wildman–Crippen LogP) is 5.61. The largest absolute Gasteiger partial charge is 0.304 e. The summed E-state index contributed by atoms with van der Waals surface area (Å²) in [5, 5.41) is 2.05. The average Bonchev–Trinajstić information content (AvgIpc) is 2.76. The maximum atomic E-state index is 6.10. The molecule has 0 aliphatic heterocycles. The van der Waals surface area contributed by atoms with Crippen molar-refractivity contribution in [2.24, 2.45) is 0 Å². The van der Waals surface area contributed by atoms with Crippen LogP contribution in [0.15, 0.2) is 36.7 Å². The second-order valence-corrected chi connectivity index (χ2v) is 5.65. The van der Waals surface area contributed by atoms with Crippen molar-refractivity contribution < 1.29 is 0 Å². The Morgan fingerprint density at radius 3 is 2.37 bits per heavy atom. The molecule has 2 nitrogen and oxygen atoms in total. The molecule has 6 heteroatoms. The van der Waals surface area contributed by atoms with E-state index in [-0.39, 0.29) is 0 Å². The van der Waals surface area contributed by atoms with Gasteiger partial charge in [0.25, 0.3) is 0 Å². The van der Waals surface area contributed by atoms with Crippen LogP contribution in [0.4, 0.5) is 0 Å². The Balaban J connectivity index is 2.20. The second kappa shape index (κ2) is 4.88. The number of pyridine rings is 1. The summed E-state index contributed by atoms with van der Waals surface area (Å²) in [5.41, 5.74) is 2.26. The predicted molar refractivity (Wildman–Crippen MR) is 80.7 cm³/mol. The van der Waals surface area contributed by atoms with Crippen LogP contribution >= 0.6 is 46.4 Å². The highest BCUT2D eigenvalue weighted by Crippen LogP contribution is 2.30. The molecule has 0 atom stereocenters. The molecule has 1 aromatic carbocycles. The first-order valence-corrected chi connectivity index (χ1v) is 6.85. The van der Waals surface area contributed by atoms with Crippen LogP contribution in [0.3, 0.4) is 0 Å². The zero-order chi connectivity index (χ0) is 13.6. The summed E-state index contributed by atoms with van der Waals surface area (Å²) in [6, 6.07) is 7.01. The number of nitrogens with zero attached hydrogens (tertiary/aromatic N) is 2. The molecule has 0 saturated heterocycles. The lowest BCUT2D eigenvalue weighted by Gasteiger charge is -1.98. The summed E-state index contributed by atoms with van der Waals surface area (Å²) >= 11 is 24.0. The second-order valence-electron chi connectivity index (χ2n) is 3.99. The summed E-state index contributed by atoms with van der Waals surface area (Å²) in [6.45, 7) is 0. The molecule has 0 radical (unpaired) electrons. The van der Waals surface area contributed by atoms with Crippen LogP contribution in [-0.2, 0) is 0 Å². The van der Waals surface area contributed by atoms with Gasteiger partial charge in [-0.25, -0.2) is 4.98 Å². The van der Waals surface area contributed by atoms with E-state index in [9.17, 15) is 0 Å². The molecule has 0 spiro atoms. The lowest BCUT2D eigenvalue weighted by atomic mass is 10.2. The van der Waals surface area contributed by atoms with Gasteiger partial charge in [0.05, 0.1) is 25.8 Å². The molecule has 3 aromatic rings. The molecule has 0 bridgehead atoms. The smallest absolute Gasteiger partial charge is 0.156 e. The molecular formula is C13H6Cl4N2. The van der Waals surface area contributed by atoms with Crippen molar-refractivity contribution >= 4 is 52.1 Å². The van der Waals surface area contributed by atoms with Crippen molar-refractivity contribution in [1.82, 2.24) is 9.38 Å². The number of imidazole rings is 1. The number of halogens is 4. The first-order chi connectivity index (χ1) is 9.04. The maximum absolute atomic E-state index is 6.10. The summed E-state index contributed by atoms with van der Waals surface area (Å²) in [7, 11) is 0. The standard InChI is InChI=1S/C13H6Cl4N2/c14-8-4-11(17)13-18-12(6-19(13)5-8)7-1-2-9(15)10(16)3-7/h1-6H. The number of aromatic nitrogens is 2. The van der Waals surface area contributed by atoms with Gasteiger partial charge in [-0.1, -0.05) is 52.5 Å². The van der Waals surface area contributed by atoms with Gasteiger partial charge >= 0.3 is 0 Å². The van der Waals surface area contributed by atoms with E-state index < -0.39 is 0 Å². The zero-order valence-electron chi connectivity index (χ0n) is 9.37. The highest BCUT2D eigenvalue weighted by molar-refractivity contribution is 6.42. The molecule has 0 amide bonds. The Hall–Kier alpha value is -0.930. The maximum Gasteiger partial charge on any atom is 0.156 e. The average molecular weight is 332 g/mol. The minimum atomic E-state index is 0.486. The van der Waals surface area contributed by atoms with E-state index in [2.05, 4.69) is 4.98 Å². The Morgan fingerprint density at radius 1 is 0.842 bits per heavy atom. The van der Waals surface area contributed by atoms with Crippen LogP contribution in [0, 0.1) is 0 Å². The Kier molecular flexibility index (Phi) is 3.35. The van der Waals surface area contributed by atoms with Gasteiger partial charge in [0, 0.05) is 18.0 Å². The van der Waals surface area contributed by atoms with Crippen LogP contribution < -0.4 is 0 Å². The van der Waals surface area contributed by atoms with Gasteiger partial charge in [-0.3, -0.25) is 0 Å². The fourth-order valence-electron chi connectivity index (χ4n) is 1.82. The molecule has 0 saturated carbocycles. The minimum Gasteiger partial charge on any atom is -0.304 e. The lowest BCUT2D eigenvalue weighted by Crippen LogP contribution is -1.82. The van der Waals surface area contributed by atoms with E-state index >= 15 is 0 Å². The first kappa shape index (κ1) is 13.1. The van der Waals surface area contributed by atoms with E-state index in [1.807, 2.05) is 12.3 Å². The molecular weight excluding hydrogens is 326 g/mol. The van der Waals surface area contributed by atoms with Gasteiger partial charge in [-0.2, -0.15) is 0 Å². The van der Waals surface area contributed by atoms with Crippen LogP contribution in [0.1, 0.15) is 0 Å². The zero-order valence-corrected chi connectivity index (χ0v) is 12.4. The van der Waals surface area contributed by atoms with Gasteiger partial charge in [-0.15, -0.1) is 0 Å². The van der Waals surface area contributed by atoms with Crippen LogP contribution in [0.2, 0.25) is 20.1 Å². The summed E-state index contributed by atoms with van der Waals surface area (Å²) in [4.78, 5) is 4.47. The van der Waals surface area contributed by atoms with Crippen molar-refractivity contribution in [1.29, 1.82) is 0 Å². The summed E-state index contributed by atoms with van der Waals surface area (Å²) in [5.74, 6) is 0. The minimum absolute atomic E-state index is 0.486. The quantitative estimate of drug-likeness (QED) is 0.566. The molecule has 0 N–H and O–H groups in total. The van der Waals surface area contributed by atoms with E-state index in [4.69, 9.17) is 46.4 Å².